The van der Waals surface area contributed by atoms with Gasteiger partial charge in [0.25, 0.3) is 5.91 Å². The molecule has 3 atom stereocenters. The summed E-state index contributed by atoms with van der Waals surface area (Å²) in [4.78, 5) is 17.8. The lowest BCUT2D eigenvalue weighted by Gasteiger charge is -2.55. The zero-order valence-electron chi connectivity index (χ0n) is 21.4. The van der Waals surface area contributed by atoms with Crippen LogP contribution in [-0.4, -0.2) is 30.5 Å². The van der Waals surface area contributed by atoms with E-state index in [2.05, 4.69) is 56.5 Å². The molecule has 5 rings (SSSR count). The molecule has 1 aromatic heterocycles. The Labute approximate surface area is 209 Å². The van der Waals surface area contributed by atoms with Gasteiger partial charge in [0.15, 0.2) is 0 Å². The third-order valence-corrected chi connectivity index (χ3v) is 10.3. The van der Waals surface area contributed by atoms with Gasteiger partial charge in [0.05, 0.1) is 5.01 Å². The van der Waals surface area contributed by atoms with Crippen molar-refractivity contribution in [3.8, 4) is 0 Å². The van der Waals surface area contributed by atoms with E-state index in [0.29, 0.717) is 23.4 Å². The van der Waals surface area contributed by atoms with Crippen molar-refractivity contribution in [2.75, 3.05) is 19.6 Å². The molecule has 3 unspecified atom stereocenters. The lowest BCUT2D eigenvalue weighted by molar-refractivity contribution is 0.0254. The molecule has 2 aliphatic carbocycles. The molecule has 1 saturated heterocycles. The van der Waals surface area contributed by atoms with Crippen molar-refractivity contribution in [1.29, 1.82) is 0 Å². The molecular weight excluding hydrogens is 438 g/mol. The van der Waals surface area contributed by atoms with Gasteiger partial charge in [-0.2, -0.15) is 0 Å². The maximum Gasteiger partial charge on any atom is 0.270 e. The number of aryl methyl sites for hydroxylation is 1. The highest BCUT2D eigenvalue weighted by Gasteiger charge is 2.51. The predicted octanol–water partition coefficient (Wildman–Crippen LogP) is 6.17. The summed E-state index contributed by atoms with van der Waals surface area (Å²) in [6.45, 7) is 12.3. The van der Waals surface area contributed by atoms with E-state index in [1.807, 2.05) is 5.38 Å². The Balaban J connectivity index is 1.30. The number of hydrogen-bond donors (Lipinski definition) is 2. The number of aromatic nitrogens is 1. The molecule has 2 N–H and O–H groups in total. The van der Waals surface area contributed by atoms with Crippen molar-refractivity contribution in [3.05, 3.63) is 51.0 Å². The first-order valence-electron chi connectivity index (χ1n) is 13.4. The molecule has 34 heavy (non-hydrogen) atoms. The number of carbonyl (C=O) groups excluding carboxylic acids is 1. The van der Waals surface area contributed by atoms with Crippen LogP contribution in [0.4, 0.5) is 0 Å². The number of benzene rings is 1. The van der Waals surface area contributed by atoms with E-state index in [-0.39, 0.29) is 16.7 Å². The highest BCUT2D eigenvalue weighted by atomic mass is 32.1. The minimum Gasteiger partial charge on any atom is -0.350 e. The highest BCUT2D eigenvalue weighted by Crippen LogP contribution is 2.57. The molecule has 3 aliphatic rings. The zero-order chi connectivity index (χ0) is 23.9. The molecule has 4 nitrogen and oxygen atoms in total. The third kappa shape index (κ3) is 4.35. The fraction of sp³-hybridized carbons (Fsp3) is 0.655. The molecule has 2 aromatic rings. The molecule has 0 bridgehead atoms. The predicted molar refractivity (Wildman–Crippen MR) is 141 cm³/mol. The van der Waals surface area contributed by atoms with Crippen LogP contribution < -0.4 is 10.6 Å². The normalized spacial score (nSPS) is 29.5. The summed E-state index contributed by atoms with van der Waals surface area (Å²) in [6, 6.07) is 7.25. The van der Waals surface area contributed by atoms with Gasteiger partial charge >= 0.3 is 0 Å². The number of nitrogens with zero attached hydrogens (tertiary/aromatic N) is 1. The topological polar surface area (TPSA) is 54.0 Å². The van der Waals surface area contributed by atoms with Gasteiger partial charge in [0, 0.05) is 17.8 Å². The van der Waals surface area contributed by atoms with Crippen LogP contribution in [0.15, 0.2) is 23.6 Å². The minimum atomic E-state index is 0.00252. The molecule has 1 aliphatic heterocycles. The van der Waals surface area contributed by atoms with Gasteiger partial charge in [0.1, 0.15) is 5.69 Å². The third-order valence-electron chi connectivity index (χ3n) is 9.26. The van der Waals surface area contributed by atoms with E-state index in [1.54, 1.807) is 22.5 Å². The number of piperidine rings is 1. The van der Waals surface area contributed by atoms with Crippen molar-refractivity contribution in [2.24, 2.45) is 11.3 Å². The second kappa shape index (κ2) is 9.39. The average Bonchev–Trinajstić information content (AvgIpc) is 3.33. The van der Waals surface area contributed by atoms with Crippen LogP contribution in [0.5, 0.6) is 0 Å². The Morgan fingerprint density at radius 2 is 2.00 bits per heavy atom. The molecule has 2 fully saturated rings. The monoisotopic (exact) mass is 479 g/mol. The Bertz CT molecular complexity index is 1040. The molecule has 0 spiro atoms. The summed E-state index contributed by atoms with van der Waals surface area (Å²) >= 11 is 1.66. The number of rotatable bonds is 5. The summed E-state index contributed by atoms with van der Waals surface area (Å²) in [5.41, 5.74) is 5.51. The summed E-state index contributed by atoms with van der Waals surface area (Å²) in [5.74, 6) is 1.67. The van der Waals surface area contributed by atoms with Crippen LogP contribution in [0.25, 0.3) is 0 Å². The van der Waals surface area contributed by atoms with Crippen molar-refractivity contribution in [2.45, 2.75) is 89.9 Å². The fourth-order valence-electron chi connectivity index (χ4n) is 7.24. The van der Waals surface area contributed by atoms with Gasteiger partial charge in [-0.15, -0.1) is 11.3 Å². The lowest BCUT2D eigenvalue weighted by Crippen LogP contribution is -2.53. The Hall–Kier alpha value is -1.72. The van der Waals surface area contributed by atoms with Crippen LogP contribution in [0, 0.1) is 11.3 Å². The van der Waals surface area contributed by atoms with E-state index in [9.17, 15) is 4.79 Å². The first-order chi connectivity index (χ1) is 16.3. The molecule has 0 radical (unpaired) electrons. The van der Waals surface area contributed by atoms with Crippen molar-refractivity contribution in [3.63, 3.8) is 0 Å². The number of thiazole rings is 1. The summed E-state index contributed by atoms with van der Waals surface area (Å²) in [7, 11) is 0. The van der Waals surface area contributed by atoms with E-state index in [4.69, 9.17) is 4.98 Å². The van der Waals surface area contributed by atoms with Crippen LogP contribution in [0.1, 0.15) is 110 Å². The Morgan fingerprint density at radius 3 is 2.76 bits per heavy atom. The quantitative estimate of drug-likeness (QED) is 0.539. The van der Waals surface area contributed by atoms with E-state index in [1.165, 1.54) is 31.2 Å². The van der Waals surface area contributed by atoms with Gasteiger partial charge in [-0.05, 0) is 91.0 Å². The summed E-state index contributed by atoms with van der Waals surface area (Å²) in [5, 5.41) is 9.82. The molecule has 5 heteroatoms. The molecule has 1 amide bonds. The average molecular weight is 480 g/mol. The Morgan fingerprint density at radius 1 is 1.21 bits per heavy atom. The molecular formula is C29H41N3OS. The van der Waals surface area contributed by atoms with Gasteiger partial charge in [0.2, 0.25) is 0 Å². The van der Waals surface area contributed by atoms with Crippen molar-refractivity contribution < 1.29 is 4.79 Å². The smallest absolute Gasteiger partial charge is 0.270 e. The van der Waals surface area contributed by atoms with Gasteiger partial charge < -0.3 is 10.6 Å². The summed E-state index contributed by atoms with van der Waals surface area (Å²) < 4.78 is 0. The maximum atomic E-state index is 13.1. The molecule has 2 heterocycles. The van der Waals surface area contributed by atoms with Gasteiger partial charge in [-0.3, -0.25) is 4.79 Å². The highest BCUT2D eigenvalue weighted by molar-refractivity contribution is 7.09. The van der Waals surface area contributed by atoms with Gasteiger partial charge in [-0.25, -0.2) is 4.98 Å². The summed E-state index contributed by atoms with van der Waals surface area (Å²) in [6.07, 6.45) is 8.27. The SMILES string of the molecule is CC(C)c1ccc2c(c1)CCC1C(C)(CNC(=O)c3csc(C4CCNCC4)n3)CCCC21C. The number of amides is 1. The number of carbonyl (C=O) groups is 1. The number of fused-ring (bicyclic) bond motifs is 3. The zero-order valence-corrected chi connectivity index (χ0v) is 22.2. The standard InChI is InChI=1S/C29H41N3OS/c1-19(2)21-6-8-23-22(16-21)7-9-25-28(3,12-5-13-29(23,25)4)18-31-26(33)24-17-34-27(32-24)20-10-14-30-15-11-20/h6,8,16-17,19-20,25,30H,5,7,9-15,18H2,1-4H3,(H,31,33). The molecule has 1 saturated carbocycles. The van der Waals surface area contributed by atoms with E-state index in [0.717, 1.165) is 43.9 Å². The van der Waals surface area contributed by atoms with Crippen LogP contribution in [0.2, 0.25) is 0 Å². The largest absolute Gasteiger partial charge is 0.350 e. The van der Waals surface area contributed by atoms with E-state index < -0.39 is 0 Å². The Kier molecular flexibility index (Phi) is 6.62. The van der Waals surface area contributed by atoms with Crippen LogP contribution >= 0.6 is 11.3 Å². The fourth-order valence-corrected chi connectivity index (χ4v) is 8.21. The second-order valence-electron chi connectivity index (χ2n) is 11.9. The number of nitrogens with one attached hydrogen (secondary N) is 2. The first-order valence-corrected chi connectivity index (χ1v) is 14.3. The molecule has 184 valence electrons. The minimum absolute atomic E-state index is 0.00252. The van der Waals surface area contributed by atoms with Crippen molar-refractivity contribution >= 4 is 17.2 Å². The lowest BCUT2D eigenvalue weighted by atomic mass is 9.49. The second-order valence-corrected chi connectivity index (χ2v) is 12.8. The molecule has 1 aromatic carbocycles. The van der Waals surface area contributed by atoms with Crippen LogP contribution in [0.3, 0.4) is 0 Å². The van der Waals surface area contributed by atoms with Crippen LogP contribution in [-0.2, 0) is 11.8 Å². The number of hydrogen-bond acceptors (Lipinski definition) is 4. The van der Waals surface area contributed by atoms with E-state index >= 15 is 0 Å². The van der Waals surface area contributed by atoms with Gasteiger partial charge in [-0.1, -0.05) is 52.3 Å². The van der Waals surface area contributed by atoms with Crippen molar-refractivity contribution in [1.82, 2.24) is 15.6 Å². The first kappa shape index (κ1) is 24.0. The maximum absolute atomic E-state index is 13.1.